The summed E-state index contributed by atoms with van der Waals surface area (Å²) in [5.74, 6) is 2.48. The summed E-state index contributed by atoms with van der Waals surface area (Å²) in [6, 6.07) is 13.7. The van der Waals surface area contributed by atoms with E-state index >= 15 is 0 Å². The fraction of sp³-hybridized carbons (Fsp3) is 0.536. The summed E-state index contributed by atoms with van der Waals surface area (Å²) in [7, 11) is 0. The first-order valence-electron chi connectivity index (χ1n) is 11.5. The van der Waals surface area contributed by atoms with Gasteiger partial charge in [-0.3, -0.25) is 0 Å². The van der Waals surface area contributed by atoms with Gasteiger partial charge in [-0.2, -0.15) is 0 Å². The zero-order valence-corrected chi connectivity index (χ0v) is 19.7. The predicted molar refractivity (Wildman–Crippen MR) is 127 cm³/mol. The van der Waals surface area contributed by atoms with Crippen LogP contribution >= 0.6 is 0 Å². The Morgan fingerprint density at radius 2 is 1.10 bits per heavy atom. The number of hydrogen-bond donors (Lipinski definition) is 0. The van der Waals surface area contributed by atoms with Crippen molar-refractivity contribution in [3.05, 3.63) is 70.8 Å². The first kappa shape index (κ1) is 21.9. The third kappa shape index (κ3) is 4.39. The van der Waals surface area contributed by atoms with Crippen molar-refractivity contribution in [1.29, 1.82) is 0 Å². The molecule has 2 radical (unpaired) electrons. The van der Waals surface area contributed by atoms with Gasteiger partial charge in [0.1, 0.15) is 0 Å². The Morgan fingerprint density at radius 3 is 1.52 bits per heavy atom. The van der Waals surface area contributed by atoms with Gasteiger partial charge in [-0.15, -0.1) is 0 Å². The smallest absolute Gasteiger partial charge is 0.0993 e. The van der Waals surface area contributed by atoms with Crippen LogP contribution in [0.1, 0.15) is 119 Å². The molecule has 1 unspecified atom stereocenters. The predicted octanol–water partition coefficient (Wildman–Crippen LogP) is 8.21. The molecule has 1 atom stereocenters. The van der Waals surface area contributed by atoms with Crippen LogP contribution in [-0.2, 0) is 0 Å². The van der Waals surface area contributed by atoms with Crippen LogP contribution < -0.4 is 4.90 Å². The van der Waals surface area contributed by atoms with E-state index in [4.69, 9.17) is 0 Å². The molecule has 3 rings (SSSR count). The molecule has 1 aliphatic rings. The Kier molecular flexibility index (Phi) is 6.76. The van der Waals surface area contributed by atoms with E-state index in [-0.39, 0.29) is 0 Å². The fourth-order valence-electron chi connectivity index (χ4n) is 4.80. The zero-order chi connectivity index (χ0) is 21.3. The molecule has 1 aliphatic heterocycles. The molecular weight excluding hydrogens is 350 g/mol. The van der Waals surface area contributed by atoms with Crippen molar-refractivity contribution in [2.24, 2.45) is 0 Å². The summed E-state index contributed by atoms with van der Waals surface area (Å²) < 4.78 is 0. The number of anilines is 1. The van der Waals surface area contributed by atoms with Crippen LogP contribution in [0, 0.1) is 6.54 Å². The Bertz CT molecular complexity index is 706. The van der Waals surface area contributed by atoms with E-state index in [9.17, 15) is 0 Å². The Morgan fingerprint density at radius 1 is 0.690 bits per heavy atom. The van der Waals surface area contributed by atoms with Crippen molar-refractivity contribution >= 4 is 5.69 Å². The van der Waals surface area contributed by atoms with E-state index in [1.165, 1.54) is 33.5 Å². The molecule has 0 spiro atoms. The summed E-state index contributed by atoms with van der Waals surface area (Å²) in [5, 5.41) is 0. The van der Waals surface area contributed by atoms with Gasteiger partial charge in [0.25, 0.3) is 0 Å². The van der Waals surface area contributed by atoms with Crippen LogP contribution in [0.5, 0.6) is 0 Å². The van der Waals surface area contributed by atoms with Gasteiger partial charge in [0.2, 0.25) is 0 Å². The third-order valence-electron chi connectivity index (χ3n) is 6.33. The van der Waals surface area contributed by atoms with Crippen molar-refractivity contribution in [1.82, 2.24) is 0 Å². The number of hydrogen-bond acceptors (Lipinski definition) is 1. The van der Waals surface area contributed by atoms with Crippen LogP contribution in [0.25, 0.3) is 0 Å². The number of rotatable bonds is 6. The molecule has 0 amide bonds. The van der Waals surface area contributed by atoms with Gasteiger partial charge < -0.3 is 4.90 Å². The first-order chi connectivity index (χ1) is 13.7. The highest BCUT2D eigenvalue weighted by atomic mass is 15.2. The number of benzene rings is 2. The fourth-order valence-corrected chi connectivity index (χ4v) is 4.80. The Labute approximate surface area is 179 Å². The molecule has 0 bridgehead atoms. The minimum Gasteiger partial charge on any atom is -0.360 e. The molecule has 1 heterocycles. The number of nitrogens with zero attached hydrogens (tertiary/aromatic N) is 1. The molecule has 1 saturated heterocycles. The van der Waals surface area contributed by atoms with Crippen LogP contribution in [-0.4, -0.2) is 6.54 Å². The maximum atomic E-state index is 3.94. The second-order valence-electron chi connectivity index (χ2n) is 9.88. The number of para-hydroxylation sites is 1. The summed E-state index contributed by atoms with van der Waals surface area (Å²) in [6.07, 6.45) is 1.15. The van der Waals surface area contributed by atoms with Crippen molar-refractivity contribution in [2.75, 3.05) is 11.4 Å². The first-order valence-corrected chi connectivity index (χ1v) is 11.5. The van der Waals surface area contributed by atoms with Crippen LogP contribution in [0.15, 0.2) is 36.4 Å². The molecule has 1 heteroatoms. The van der Waals surface area contributed by atoms with E-state index in [0.717, 1.165) is 13.0 Å². The molecular formula is C28H39N. The van der Waals surface area contributed by atoms with E-state index in [2.05, 4.69) is 103 Å². The second kappa shape index (κ2) is 8.94. The lowest BCUT2D eigenvalue weighted by Crippen LogP contribution is -2.19. The van der Waals surface area contributed by atoms with E-state index in [0.29, 0.717) is 29.6 Å². The summed E-state index contributed by atoms with van der Waals surface area (Å²) >= 11 is 0. The quantitative estimate of drug-likeness (QED) is 0.481. The van der Waals surface area contributed by atoms with Crippen molar-refractivity contribution in [2.45, 2.75) is 91.4 Å². The highest BCUT2D eigenvalue weighted by molar-refractivity contribution is 5.65. The van der Waals surface area contributed by atoms with E-state index in [1.54, 1.807) is 0 Å². The van der Waals surface area contributed by atoms with E-state index in [1.807, 2.05) is 0 Å². The van der Waals surface area contributed by atoms with Gasteiger partial charge in [0, 0.05) is 18.2 Å². The van der Waals surface area contributed by atoms with Crippen molar-refractivity contribution < 1.29 is 0 Å². The molecule has 0 saturated carbocycles. The lowest BCUT2D eigenvalue weighted by atomic mass is 9.81. The Hall–Kier alpha value is -1.76. The standard InChI is InChI=1S/C28H39N/c1-18(2)23-11-9-12-24(19(3)4)27(23)22-15-16-29(17-22)28-25(20(5)6)13-10-14-26(28)21(7)8/h9-14,18-22H,15-16H2,1-8H3. The maximum Gasteiger partial charge on any atom is 0.0993 e. The van der Waals surface area contributed by atoms with Gasteiger partial charge in [-0.25, -0.2) is 0 Å². The summed E-state index contributed by atoms with van der Waals surface area (Å²) in [4.78, 5) is 2.45. The monoisotopic (exact) mass is 389 g/mol. The topological polar surface area (TPSA) is 3.24 Å². The molecule has 0 N–H and O–H groups in total. The highest BCUT2D eigenvalue weighted by Gasteiger charge is 2.32. The van der Waals surface area contributed by atoms with Crippen LogP contribution in [0.4, 0.5) is 5.69 Å². The normalized spacial score (nSPS) is 17.4. The van der Waals surface area contributed by atoms with Gasteiger partial charge in [-0.05, 0) is 57.9 Å². The van der Waals surface area contributed by atoms with Gasteiger partial charge in [-0.1, -0.05) is 91.8 Å². The molecule has 1 fully saturated rings. The average molecular weight is 390 g/mol. The molecule has 2 aromatic rings. The van der Waals surface area contributed by atoms with Crippen molar-refractivity contribution in [3.63, 3.8) is 0 Å². The van der Waals surface area contributed by atoms with E-state index < -0.39 is 0 Å². The molecule has 0 aliphatic carbocycles. The summed E-state index contributed by atoms with van der Waals surface area (Å²) in [5.41, 5.74) is 8.84. The molecule has 156 valence electrons. The van der Waals surface area contributed by atoms with Gasteiger partial charge >= 0.3 is 0 Å². The molecule has 29 heavy (non-hydrogen) atoms. The average Bonchev–Trinajstić information content (AvgIpc) is 3.15. The maximum absolute atomic E-state index is 3.94. The summed E-state index contributed by atoms with van der Waals surface area (Å²) in [6.45, 7) is 23.5. The third-order valence-corrected chi connectivity index (χ3v) is 6.33. The van der Waals surface area contributed by atoms with Crippen molar-refractivity contribution in [3.8, 4) is 0 Å². The van der Waals surface area contributed by atoms with Crippen LogP contribution in [0.3, 0.4) is 0 Å². The second-order valence-corrected chi connectivity index (χ2v) is 9.88. The van der Waals surface area contributed by atoms with Crippen LogP contribution in [0.2, 0.25) is 0 Å². The SMILES string of the molecule is CC(C)c1cccc(C(C)C)c1C1[C]N(c2c(C(C)C)cccc2C(C)C)CC1. The highest BCUT2D eigenvalue weighted by Crippen LogP contribution is 2.44. The molecule has 2 aromatic carbocycles. The lowest BCUT2D eigenvalue weighted by molar-refractivity contribution is 0.737. The van der Waals surface area contributed by atoms with Gasteiger partial charge in [0.15, 0.2) is 0 Å². The van der Waals surface area contributed by atoms with Gasteiger partial charge in [0.05, 0.1) is 6.54 Å². The largest absolute Gasteiger partial charge is 0.360 e. The minimum absolute atomic E-state index is 0.381. The Balaban J connectivity index is 2.03. The lowest BCUT2D eigenvalue weighted by Gasteiger charge is -2.28. The molecule has 0 aromatic heterocycles. The molecule has 1 nitrogen and oxygen atoms in total. The zero-order valence-electron chi connectivity index (χ0n) is 19.7. The minimum atomic E-state index is 0.381.